The third kappa shape index (κ3) is 3.90. The minimum absolute atomic E-state index is 0.00819. The first kappa shape index (κ1) is 20.0. The molecular weight excluding hydrogens is 378 g/mol. The van der Waals surface area contributed by atoms with Crippen molar-refractivity contribution in [2.24, 2.45) is 5.92 Å². The SMILES string of the molecule is CC(C)CN1CC2=C(C1=O)C(c1cccc(OCc3ccccc3)c1)NC(=O)N2C. The number of urea groups is 1. The van der Waals surface area contributed by atoms with Crippen LogP contribution in [0.1, 0.15) is 31.0 Å². The van der Waals surface area contributed by atoms with Crippen molar-refractivity contribution >= 4 is 11.9 Å². The van der Waals surface area contributed by atoms with Gasteiger partial charge in [-0.1, -0.05) is 56.3 Å². The Kier molecular flexibility index (Phi) is 5.48. The third-order valence-corrected chi connectivity index (χ3v) is 5.46. The van der Waals surface area contributed by atoms with Gasteiger partial charge in [-0.3, -0.25) is 9.69 Å². The van der Waals surface area contributed by atoms with Crippen molar-refractivity contribution in [1.82, 2.24) is 15.1 Å². The molecule has 1 unspecified atom stereocenters. The quantitative estimate of drug-likeness (QED) is 0.797. The molecule has 4 rings (SSSR count). The lowest BCUT2D eigenvalue weighted by Gasteiger charge is -2.31. The molecule has 3 amide bonds. The topological polar surface area (TPSA) is 61.9 Å². The van der Waals surface area contributed by atoms with Gasteiger partial charge >= 0.3 is 6.03 Å². The summed E-state index contributed by atoms with van der Waals surface area (Å²) in [6, 6.07) is 16.9. The van der Waals surface area contributed by atoms with Gasteiger partial charge in [0.25, 0.3) is 5.91 Å². The van der Waals surface area contributed by atoms with Gasteiger partial charge in [0.2, 0.25) is 0 Å². The van der Waals surface area contributed by atoms with E-state index >= 15 is 0 Å². The molecule has 6 nitrogen and oxygen atoms in total. The smallest absolute Gasteiger partial charge is 0.322 e. The average Bonchev–Trinajstić information content (AvgIpc) is 3.06. The van der Waals surface area contributed by atoms with Gasteiger partial charge in [-0.15, -0.1) is 0 Å². The summed E-state index contributed by atoms with van der Waals surface area (Å²) in [4.78, 5) is 29.1. The van der Waals surface area contributed by atoms with E-state index in [9.17, 15) is 9.59 Å². The maximum atomic E-state index is 13.2. The molecular formula is C24H27N3O3. The second-order valence-corrected chi connectivity index (χ2v) is 8.23. The lowest BCUT2D eigenvalue weighted by atomic mass is 9.95. The Bertz CT molecular complexity index is 984. The number of likely N-dealkylation sites (N-methyl/N-ethyl adjacent to an activating group) is 1. The van der Waals surface area contributed by atoms with Gasteiger partial charge in [-0.2, -0.15) is 0 Å². The Morgan fingerprint density at radius 3 is 2.60 bits per heavy atom. The Morgan fingerprint density at radius 2 is 1.87 bits per heavy atom. The molecule has 6 heteroatoms. The van der Waals surface area contributed by atoms with Crippen LogP contribution in [-0.2, 0) is 11.4 Å². The van der Waals surface area contributed by atoms with Crippen LogP contribution in [0, 0.1) is 5.92 Å². The highest BCUT2D eigenvalue weighted by molar-refractivity contribution is 6.01. The van der Waals surface area contributed by atoms with Crippen molar-refractivity contribution in [2.75, 3.05) is 20.1 Å². The number of hydrogen-bond acceptors (Lipinski definition) is 3. The molecule has 156 valence electrons. The first-order chi connectivity index (χ1) is 14.4. The average molecular weight is 405 g/mol. The van der Waals surface area contributed by atoms with Crippen LogP contribution in [0.3, 0.4) is 0 Å². The highest BCUT2D eigenvalue weighted by atomic mass is 16.5. The van der Waals surface area contributed by atoms with E-state index in [1.165, 1.54) is 0 Å². The van der Waals surface area contributed by atoms with Crippen LogP contribution in [-0.4, -0.2) is 41.9 Å². The van der Waals surface area contributed by atoms with Crippen LogP contribution in [0.25, 0.3) is 0 Å². The maximum Gasteiger partial charge on any atom is 0.322 e. The standard InChI is InChI=1S/C24H27N3O3/c1-16(2)13-27-14-20-21(23(27)28)22(25-24(29)26(20)3)18-10-7-11-19(12-18)30-15-17-8-5-4-6-9-17/h4-12,16,22H,13-15H2,1-3H3,(H,25,29). The lowest BCUT2D eigenvalue weighted by Crippen LogP contribution is -2.45. The zero-order valence-corrected chi connectivity index (χ0v) is 17.6. The van der Waals surface area contributed by atoms with E-state index in [0.29, 0.717) is 36.9 Å². The van der Waals surface area contributed by atoms with Crippen LogP contribution < -0.4 is 10.1 Å². The minimum atomic E-state index is -0.478. The van der Waals surface area contributed by atoms with Gasteiger partial charge < -0.3 is 15.0 Å². The summed E-state index contributed by atoms with van der Waals surface area (Å²) >= 11 is 0. The van der Waals surface area contributed by atoms with E-state index in [0.717, 1.165) is 16.8 Å². The van der Waals surface area contributed by atoms with E-state index < -0.39 is 6.04 Å². The summed E-state index contributed by atoms with van der Waals surface area (Å²) in [7, 11) is 1.71. The molecule has 0 saturated carbocycles. The van der Waals surface area contributed by atoms with E-state index in [4.69, 9.17) is 4.74 Å². The zero-order valence-electron chi connectivity index (χ0n) is 17.6. The molecule has 0 radical (unpaired) electrons. The summed E-state index contributed by atoms with van der Waals surface area (Å²) in [5, 5.41) is 2.99. The van der Waals surface area contributed by atoms with Crippen LogP contribution in [0.2, 0.25) is 0 Å². The van der Waals surface area contributed by atoms with E-state index in [1.807, 2.05) is 59.5 Å². The number of nitrogens with zero attached hydrogens (tertiary/aromatic N) is 2. The number of nitrogens with one attached hydrogen (secondary N) is 1. The van der Waals surface area contributed by atoms with E-state index in [2.05, 4.69) is 19.2 Å². The van der Waals surface area contributed by atoms with Crippen molar-refractivity contribution < 1.29 is 14.3 Å². The molecule has 2 aromatic rings. The number of amides is 3. The van der Waals surface area contributed by atoms with E-state index in [1.54, 1.807) is 11.9 Å². The van der Waals surface area contributed by atoms with Crippen LogP contribution in [0.5, 0.6) is 5.75 Å². The minimum Gasteiger partial charge on any atom is -0.489 e. The van der Waals surface area contributed by atoms with Crippen molar-refractivity contribution in [1.29, 1.82) is 0 Å². The van der Waals surface area contributed by atoms with Gasteiger partial charge in [-0.05, 0) is 29.2 Å². The molecule has 1 N–H and O–H groups in total. The molecule has 0 spiro atoms. The summed E-state index contributed by atoms with van der Waals surface area (Å²) in [5.74, 6) is 1.06. The van der Waals surface area contributed by atoms with Gasteiger partial charge in [-0.25, -0.2) is 4.79 Å². The van der Waals surface area contributed by atoms with Crippen LogP contribution in [0.15, 0.2) is 65.9 Å². The molecule has 0 aliphatic carbocycles. The maximum absolute atomic E-state index is 13.2. The van der Waals surface area contributed by atoms with Gasteiger partial charge in [0.15, 0.2) is 0 Å². The largest absolute Gasteiger partial charge is 0.489 e. The summed E-state index contributed by atoms with van der Waals surface area (Å²) < 4.78 is 5.95. The predicted octanol–water partition coefficient (Wildman–Crippen LogP) is 3.71. The third-order valence-electron chi connectivity index (χ3n) is 5.46. The summed E-state index contributed by atoms with van der Waals surface area (Å²) in [6.07, 6.45) is 0. The number of benzene rings is 2. The first-order valence-electron chi connectivity index (χ1n) is 10.3. The van der Waals surface area contributed by atoms with Crippen molar-refractivity contribution in [3.05, 3.63) is 77.0 Å². The molecule has 0 saturated heterocycles. The molecule has 0 bridgehead atoms. The summed E-state index contributed by atoms with van der Waals surface area (Å²) in [6.45, 7) is 5.77. The zero-order chi connectivity index (χ0) is 21.3. The Morgan fingerprint density at radius 1 is 1.10 bits per heavy atom. The monoisotopic (exact) mass is 405 g/mol. The first-order valence-corrected chi connectivity index (χ1v) is 10.3. The predicted molar refractivity (Wildman–Crippen MR) is 115 cm³/mol. The highest BCUT2D eigenvalue weighted by Gasteiger charge is 2.42. The molecule has 0 aromatic heterocycles. The normalized spacial score (nSPS) is 18.7. The summed E-state index contributed by atoms with van der Waals surface area (Å²) in [5.41, 5.74) is 3.35. The number of hydrogen-bond donors (Lipinski definition) is 1. The Hall–Kier alpha value is -3.28. The molecule has 0 fully saturated rings. The molecule has 2 aromatic carbocycles. The Labute approximate surface area is 177 Å². The fourth-order valence-electron chi connectivity index (χ4n) is 3.99. The second kappa shape index (κ2) is 8.22. The van der Waals surface area contributed by atoms with Gasteiger partial charge in [0.05, 0.1) is 23.9 Å². The van der Waals surface area contributed by atoms with Crippen molar-refractivity contribution in [3.63, 3.8) is 0 Å². The number of ether oxygens (including phenoxy) is 1. The van der Waals surface area contributed by atoms with E-state index in [-0.39, 0.29) is 11.9 Å². The number of carbonyl (C=O) groups excluding carboxylic acids is 2. The fraction of sp³-hybridized carbons (Fsp3) is 0.333. The Balaban J connectivity index is 1.59. The molecule has 1 atom stereocenters. The van der Waals surface area contributed by atoms with Crippen LogP contribution >= 0.6 is 0 Å². The van der Waals surface area contributed by atoms with Crippen molar-refractivity contribution in [3.8, 4) is 5.75 Å². The molecule has 2 aliphatic rings. The highest BCUT2D eigenvalue weighted by Crippen LogP contribution is 2.36. The van der Waals surface area contributed by atoms with Crippen molar-refractivity contribution in [2.45, 2.75) is 26.5 Å². The van der Waals surface area contributed by atoms with Gasteiger partial charge in [0, 0.05) is 13.6 Å². The number of rotatable bonds is 6. The lowest BCUT2D eigenvalue weighted by molar-refractivity contribution is -0.126. The van der Waals surface area contributed by atoms with Gasteiger partial charge in [0.1, 0.15) is 12.4 Å². The fourth-order valence-corrected chi connectivity index (χ4v) is 3.99. The molecule has 2 aliphatic heterocycles. The molecule has 30 heavy (non-hydrogen) atoms. The number of carbonyl (C=O) groups is 2. The van der Waals surface area contributed by atoms with Crippen LogP contribution in [0.4, 0.5) is 4.79 Å². The second-order valence-electron chi connectivity index (χ2n) is 8.23. The molecule has 2 heterocycles.